The number of rotatable bonds is 2. The van der Waals surface area contributed by atoms with Crippen LogP contribution in [0.4, 0.5) is 0 Å². The molecule has 0 aliphatic carbocycles. The molecule has 0 spiro atoms. The molecule has 0 radical (unpaired) electrons. The van der Waals surface area contributed by atoms with Crippen LogP contribution in [0.2, 0.25) is 0 Å². The van der Waals surface area contributed by atoms with Crippen LogP contribution in [-0.4, -0.2) is 15.6 Å². The lowest BCUT2D eigenvalue weighted by molar-refractivity contribution is 0.602. The minimum Gasteiger partial charge on any atom is -0.329 e. The zero-order valence-corrected chi connectivity index (χ0v) is 10.7. The van der Waals surface area contributed by atoms with Gasteiger partial charge in [-0.3, -0.25) is 0 Å². The Labute approximate surface area is 102 Å². The van der Waals surface area contributed by atoms with Gasteiger partial charge < -0.3 is 10.3 Å². The van der Waals surface area contributed by atoms with Gasteiger partial charge >= 0.3 is 0 Å². The van der Waals surface area contributed by atoms with Gasteiger partial charge in [0, 0.05) is 12.6 Å². The molecule has 1 aromatic carbocycles. The Bertz CT molecular complexity index is 488. The van der Waals surface area contributed by atoms with Crippen LogP contribution < -0.4 is 5.73 Å². The molecule has 0 bridgehead atoms. The average Bonchev–Trinajstić information content (AvgIpc) is 2.49. The maximum atomic E-state index is 5.79. The topological polar surface area (TPSA) is 43.8 Å². The van der Waals surface area contributed by atoms with Crippen molar-refractivity contribution in [2.24, 2.45) is 5.73 Å². The Hall–Kier alpha value is -1.06. The van der Waals surface area contributed by atoms with Crippen LogP contribution in [0.25, 0.3) is 11.0 Å². The lowest BCUT2D eigenvalue weighted by atomic mass is 10.1. The monoisotopic (exact) mass is 239 g/mol. The highest BCUT2D eigenvalue weighted by molar-refractivity contribution is 5.85. The summed E-state index contributed by atoms with van der Waals surface area (Å²) < 4.78 is 2.12. The molecular formula is C12H18ClN3. The zero-order valence-electron chi connectivity index (χ0n) is 9.90. The van der Waals surface area contributed by atoms with Gasteiger partial charge in [-0.1, -0.05) is 0 Å². The number of hydrogen-bond acceptors (Lipinski definition) is 2. The highest BCUT2D eigenvalue weighted by Gasteiger charge is 2.05. The second-order valence-corrected chi connectivity index (χ2v) is 4.30. The molecular weight excluding hydrogens is 222 g/mol. The average molecular weight is 240 g/mol. The van der Waals surface area contributed by atoms with E-state index in [0.717, 1.165) is 12.1 Å². The number of nitrogens with two attached hydrogens (primary N) is 1. The summed E-state index contributed by atoms with van der Waals surface area (Å²) >= 11 is 0. The highest BCUT2D eigenvalue weighted by atomic mass is 35.5. The third-order valence-electron chi connectivity index (χ3n) is 2.72. The van der Waals surface area contributed by atoms with E-state index in [2.05, 4.69) is 35.5 Å². The molecule has 88 valence electrons. The van der Waals surface area contributed by atoms with E-state index in [4.69, 9.17) is 5.73 Å². The lowest BCUT2D eigenvalue weighted by Gasteiger charge is -2.08. The molecule has 4 heteroatoms. The van der Waals surface area contributed by atoms with Crippen LogP contribution in [-0.2, 0) is 6.54 Å². The predicted molar refractivity (Wildman–Crippen MR) is 70.1 cm³/mol. The largest absolute Gasteiger partial charge is 0.329 e. The van der Waals surface area contributed by atoms with Crippen molar-refractivity contribution >= 4 is 23.4 Å². The van der Waals surface area contributed by atoms with Crippen molar-refractivity contribution in [1.82, 2.24) is 9.55 Å². The van der Waals surface area contributed by atoms with Gasteiger partial charge in [0.05, 0.1) is 17.4 Å². The number of aryl methyl sites for hydroxylation is 2. The molecule has 16 heavy (non-hydrogen) atoms. The predicted octanol–water partition coefficient (Wildman–Crippen LogP) is 2.42. The van der Waals surface area contributed by atoms with Gasteiger partial charge in [-0.05, 0) is 44.0 Å². The summed E-state index contributed by atoms with van der Waals surface area (Å²) in [5.74, 6) is 0. The molecule has 2 N–H and O–H groups in total. The molecule has 0 fully saturated rings. The highest BCUT2D eigenvalue weighted by Crippen LogP contribution is 2.18. The first-order chi connectivity index (χ1) is 7.08. The summed E-state index contributed by atoms with van der Waals surface area (Å²) in [6, 6.07) is 4.46. The Morgan fingerprint density at radius 3 is 2.56 bits per heavy atom. The van der Waals surface area contributed by atoms with E-state index in [0.29, 0.717) is 0 Å². The molecule has 1 aromatic heterocycles. The molecule has 1 atom stereocenters. The Kier molecular flexibility index (Phi) is 3.94. The van der Waals surface area contributed by atoms with Crippen LogP contribution in [0.1, 0.15) is 18.1 Å². The Morgan fingerprint density at radius 2 is 1.94 bits per heavy atom. The fraction of sp³-hybridized carbons (Fsp3) is 0.417. The van der Waals surface area contributed by atoms with Crippen molar-refractivity contribution in [2.75, 3.05) is 0 Å². The number of hydrogen-bond donors (Lipinski definition) is 1. The zero-order chi connectivity index (χ0) is 11.0. The fourth-order valence-electron chi connectivity index (χ4n) is 1.77. The van der Waals surface area contributed by atoms with E-state index in [1.807, 2.05) is 13.3 Å². The van der Waals surface area contributed by atoms with Gasteiger partial charge in [0.25, 0.3) is 0 Å². The van der Waals surface area contributed by atoms with E-state index in [9.17, 15) is 0 Å². The maximum absolute atomic E-state index is 5.79. The van der Waals surface area contributed by atoms with E-state index < -0.39 is 0 Å². The van der Waals surface area contributed by atoms with E-state index in [1.54, 1.807) is 0 Å². The smallest absolute Gasteiger partial charge is 0.0958 e. The summed E-state index contributed by atoms with van der Waals surface area (Å²) in [7, 11) is 0. The fourth-order valence-corrected chi connectivity index (χ4v) is 1.77. The molecule has 2 aromatic rings. The molecule has 0 aliphatic heterocycles. The summed E-state index contributed by atoms with van der Waals surface area (Å²) in [6.07, 6.45) is 1.87. The van der Waals surface area contributed by atoms with Crippen molar-refractivity contribution in [3.63, 3.8) is 0 Å². The van der Waals surface area contributed by atoms with Crippen LogP contribution in [0.3, 0.4) is 0 Å². The summed E-state index contributed by atoms with van der Waals surface area (Å²) in [5, 5.41) is 0. The molecule has 0 aliphatic rings. The number of aromatic nitrogens is 2. The Morgan fingerprint density at radius 1 is 1.31 bits per heavy atom. The minimum absolute atomic E-state index is 0. The first-order valence-corrected chi connectivity index (χ1v) is 5.25. The van der Waals surface area contributed by atoms with Crippen LogP contribution in [0.5, 0.6) is 0 Å². The van der Waals surface area contributed by atoms with Crippen LogP contribution in [0.15, 0.2) is 18.5 Å². The van der Waals surface area contributed by atoms with Gasteiger partial charge in [0.1, 0.15) is 0 Å². The van der Waals surface area contributed by atoms with Gasteiger partial charge in [-0.15, -0.1) is 12.4 Å². The van der Waals surface area contributed by atoms with Gasteiger partial charge in [0.2, 0.25) is 0 Å². The molecule has 1 heterocycles. The summed E-state index contributed by atoms with van der Waals surface area (Å²) in [6.45, 7) is 7.06. The second kappa shape index (κ2) is 4.85. The standard InChI is InChI=1S/C12H17N3.ClH/c1-8-4-11-12(5-9(8)2)15(7-14-11)6-10(3)13;/h4-5,7,10H,6,13H2,1-3H3;1H. The van der Waals surface area contributed by atoms with Gasteiger partial charge in [0.15, 0.2) is 0 Å². The lowest BCUT2D eigenvalue weighted by Crippen LogP contribution is -2.21. The maximum Gasteiger partial charge on any atom is 0.0958 e. The van der Waals surface area contributed by atoms with E-state index in [-0.39, 0.29) is 18.4 Å². The van der Waals surface area contributed by atoms with Crippen molar-refractivity contribution in [3.8, 4) is 0 Å². The summed E-state index contributed by atoms with van der Waals surface area (Å²) in [4.78, 5) is 4.38. The molecule has 0 saturated carbocycles. The van der Waals surface area contributed by atoms with E-state index >= 15 is 0 Å². The quantitative estimate of drug-likeness (QED) is 0.875. The number of nitrogens with zero attached hydrogens (tertiary/aromatic N) is 2. The van der Waals surface area contributed by atoms with Crippen LogP contribution >= 0.6 is 12.4 Å². The third-order valence-corrected chi connectivity index (χ3v) is 2.72. The second-order valence-electron chi connectivity index (χ2n) is 4.30. The molecule has 3 nitrogen and oxygen atoms in total. The van der Waals surface area contributed by atoms with Crippen molar-refractivity contribution in [1.29, 1.82) is 0 Å². The van der Waals surface area contributed by atoms with Gasteiger partial charge in [-0.2, -0.15) is 0 Å². The first kappa shape index (κ1) is 13.0. The van der Waals surface area contributed by atoms with Crippen molar-refractivity contribution < 1.29 is 0 Å². The van der Waals surface area contributed by atoms with Gasteiger partial charge in [-0.25, -0.2) is 4.98 Å². The molecule has 0 amide bonds. The molecule has 0 saturated heterocycles. The normalized spacial score (nSPS) is 12.5. The number of halogens is 1. The third kappa shape index (κ3) is 2.36. The SMILES string of the molecule is Cc1cc2ncn(CC(C)N)c2cc1C.Cl. The van der Waals surface area contributed by atoms with Crippen molar-refractivity contribution in [2.45, 2.75) is 33.4 Å². The Balaban J connectivity index is 0.00000128. The molecule has 2 rings (SSSR count). The van der Waals surface area contributed by atoms with Crippen molar-refractivity contribution in [3.05, 3.63) is 29.6 Å². The summed E-state index contributed by atoms with van der Waals surface area (Å²) in [5.41, 5.74) is 10.6. The molecule has 1 unspecified atom stereocenters. The number of benzene rings is 1. The van der Waals surface area contributed by atoms with E-state index in [1.165, 1.54) is 16.6 Å². The first-order valence-electron chi connectivity index (χ1n) is 5.25. The van der Waals surface area contributed by atoms with Crippen LogP contribution in [0, 0.1) is 13.8 Å². The minimum atomic E-state index is 0. The number of imidazole rings is 1. The number of fused-ring (bicyclic) bond motifs is 1.